The summed E-state index contributed by atoms with van der Waals surface area (Å²) in [6.07, 6.45) is 3.78. The van der Waals surface area contributed by atoms with Gasteiger partial charge < -0.3 is 5.73 Å². The molecule has 3 aromatic heterocycles. The maximum Gasteiger partial charge on any atom is 0.195 e. The van der Waals surface area contributed by atoms with Crippen LogP contribution in [0.4, 0.5) is 5.69 Å². The van der Waals surface area contributed by atoms with Crippen LogP contribution in [0.2, 0.25) is 0 Å². The van der Waals surface area contributed by atoms with Gasteiger partial charge in [-0.2, -0.15) is 0 Å². The van der Waals surface area contributed by atoms with Gasteiger partial charge in [-0.15, -0.1) is 10.2 Å². The Morgan fingerprint density at radius 3 is 2.95 bits per heavy atom. The molecule has 20 heavy (non-hydrogen) atoms. The van der Waals surface area contributed by atoms with Gasteiger partial charge in [0.25, 0.3) is 0 Å². The summed E-state index contributed by atoms with van der Waals surface area (Å²) in [5.41, 5.74) is 10.8. The molecule has 0 saturated heterocycles. The zero-order chi connectivity index (χ0) is 14.1. The number of aryl methyl sites for hydroxylation is 1. The Morgan fingerprint density at radius 1 is 1.25 bits per heavy atom. The Bertz CT molecular complexity index is 765. The summed E-state index contributed by atoms with van der Waals surface area (Å²) in [5, 5.41) is 9.19. The lowest BCUT2D eigenvalue weighted by molar-refractivity contribution is 0.919. The fourth-order valence-electron chi connectivity index (χ4n) is 1.99. The van der Waals surface area contributed by atoms with E-state index in [1.807, 2.05) is 48.8 Å². The van der Waals surface area contributed by atoms with Gasteiger partial charge in [-0.05, 0) is 37.1 Å². The van der Waals surface area contributed by atoms with Gasteiger partial charge >= 0.3 is 0 Å². The number of hydrogen-bond donors (Lipinski definition) is 1. The molecule has 3 aromatic rings. The fraction of sp³-hybridized carbons (Fsp3) is 0.214. The number of hydrogen-bond acceptors (Lipinski definition) is 5. The maximum absolute atomic E-state index is 6.04. The first-order chi connectivity index (χ1) is 9.66. The average molecular weight is 285 g/mol. The van der Waals surface area contributed by atoms with E-state index in [9.17, 15) is 0 Å². The molecule has 0 aliphatic carbocycles. The lowest BCUT2D eigenvalue weighted by Crippen LogP contribution is -2.01. The average Bonchev–Trinajstić information content (AvgIpc) is 2.87. The van der Waals surface area contributed by atoms with E-state index in [2.05, 4.69) is 15.2 Å². The molecule has 102 valence electrons. The van der Waals surface area contributed by atoms with Gasteiger partial charge in [0.2, 0.25) is 0 Å². The SMILES string of the molecule is Cc1cnc(CSc2nnc3ccccn23)c(C)c1N. The minimum absolute atomic E-state index is 0.728. The van der Waals surface area contributed by atoms with Crippen molar-refractivity contribution in [1.82, 2.24) is 19.6 Å². The Hall–Kier alpha value is -2.08. The minimum atomic E-state index is 0.728. The van der Waals surface area contributed by atoms with Crippen LogP contribution in [-0.2, 0) is 5.75 Å². The second-order valence-electron chi connectivity index (χ2n) is 4.63. The highest BCUT2D eigenvalue weighted by Gasteiger charge is 2.10. The number of fused-ring (bicyclic) bond motifs is 1. The van der Waals surface area contributed by atoms with Gasteiger partial charge in [0.05, 0.1) is 5.69 Å². The standard InChI is InChI=1S/C14H15N5S/c1-9-7-16-11(10(2)13(9)15)8-20-14-18-17-12-5-3-4-6-19(12)14/h3-7H,8H2,1-2H3,(H2,15,16). The molecular weight excluding hydrogens is 270 g/mol. The predicted molar refractivity (Wildman–Crippen MR) is 80.7 cm³/mol. The molecular formula is C14H15N5S. The normalized spacial score (nSPS) is 11.1. The van der Waals surface area contributed by atoms with Gasteiger partial charge in [-0.25, -0.2) is 0 Å². The summed E-state index contributed by atoms with van der Waals surface area (Å²) in [6.45, 7) is 3.98. The molecule has 0 aromatic carbocycles. The lowest BCUT2D eigenvalue weighted by Gasteiger charge is -2.09. The van der Waals surface area contributed by atoms with Crippen molar-refractivity contribution < 1.29 is 0 Å². The first kappa shape index (κ1) is 12.9. The van der Waals surface area contributed by atoms with E-state index in [-0.39, 0.29) is 0 Å². The van der Waals surface area contributed by atoms with Crippen LogP contribution in [-0.4, -0.2) is 19.6 Å². The molecule has 0 spiro atoms. The van der Waals surface area contributed by atoms with Crippen LogP contribution in [0.5, 0.6) is 0 Å². The van der Waals surface area contributed by atoms with Gasteiger partial charge in [0.1, 0.15) is 0 Å². The zero-order valence-electron chi connectivity index (χ0n) is 11.4. The molecule has 0 amide bonds. The molecule has 0 fully saturated rings. The quantitative estimate of drug-likeness (QED) is 0.749. The first-order valence-corrected chi connectivity index (χ1v) is 7.28. The van der Waals surface area contributed by atoms with Crippen molar-refractivity contribution in [3.8, 4) is 0 Å². The smallest absolute Gasteiger partial charge is 0.195 e. The molecule has 0 atom stereocenters. The number of thioether (sulfide) groups is 1. The molecule has 0 bridgehead atoms. The van der Waals surface area contributed by atoms with Crippen molar-refractivity contribution in [1.29, 1.82) is 0 Å². The van der Waals surface area contributed by atoms with Crippen LogP contribution >= 0.6 is 11.8 Å². The second-order valence-corrected chi connectivity index (χ2v) is 5.57. The van der Waals surface area contributed by atoms with Crippen LogP contribution in [0.1, 0.15) is 16.8 Å². The number of nitrogens with two attached hydrogens (primary N) is 1. The van der Waals surface area contributed by atoms with E-state index in [1.54, 1.807) is 11.8 Å². The molecule has 6 heteroatoms. The lowest BCUT2D eigenvalue weighted by atomic mass is 10.1. The van der Waals surface area contributed by atoms with Gasteiger partial charge in [-0.1, -0.05) is 17.8 Å². The monoisotopic (exact) mass is 285 g/mol. The van der Waals surface area contributed by atoms with Crippen molar-refractivity contribution in [2.24, 2.45) is 0 Å². The van der Waals surface area contributed by atoms with Crippen LogP contribution in [0, 0.1) is 13.8 Å². The Kier molecular flexibility index (Phi) is 3.31. The predicted octanol–water partition coefficient (Wildman–Crippen LogP) is 2.62. The van der Waals surface area contributed by atoms with Crippen molar-refractivity contribution in [2.45, 2.75) is 24.8 Å². The van der Waals surface area contributed by atoms with Crippen LogP contribution in [0.25, 0.3) is 5.65 Å². The summed E-state index contributed by atoms with van der Waals surface area (Å²) < 4.78 is 1.97. The van der Waals surface area contributed by atoms with Gasteiger partial charge in [-0.3, -0.25) is 9.38 Å². The Morgan fingerprint density at radius 2 is 2.10 bits per heavy atom. The fourth-order valence-corrected chi connectivity index (χ4v) is 2.94. The highest BCUT2D eigenvalue weighted by Crippen LogP contribution is 2.25. The first-order valence-electron chi connectivity index (χ1n) is 6.30. The Balaban J connectivity index is 1.85. The molecule has 3 heterocycles. The third-order valence-corrected chi connectivity index (χ3v) is 4.25. The molecule has 0 radical (unpaired) electrons. The molecule has 3 rings (SSSR count). The largest absolute Gasteiger partial charge is 0.398 e. The minimum Gasteiger partial charge on any atom is -0.398 e. The zero-order valence-corrected chi connectivity index (χ0v) is 12.2. The Labute approximate surface area is 121 Å². The van der Waals surface area contributed by atoms with E-state index in [0.717, 1.165) is 39.1 Å². The van der Waals surface area contributed by atoms with Gasteiger partial charge in [0.15, 0.2) is 10.8 Å². The molecule has 0 aliphatic heterocycles. The van der Waals surface area contributed by atoms with Crippen molar-refractivity contribution in [2.75, 3.05) is 5.73 Å². The summed E-state index contributed by atoms with van der Waals surface area (Å²) in [4.78, 5) is 4.46. The van der Waals surface area contributed by atoms with E-state index < -0.39 is 0 Å². The molecule has 0 aliphatic rings. The number of pyridine rings is 2. The molecule has 2 N–H and O–H groups in total. The highest BCUT2D eigenvalue weighted by atomic mass is 32.2. The topological polar surface area (TPSA) is 69.1 Å². The van der Waals surface area contributed by atoms with Crippen molar-refractivity contribution in [3.05, 3.63) is 47.4 Å². The summed E-state index contributed by atoms with van der Waals surface area (Å²) in [6, 6.07) is 5.85. The maximum atomic E-state index is 6.04. The van der Waals surface area contributed by atoms with Gasteiger partial charge in [0, 0.05) is 23.8 Å². The molecule has 0 saturated carbocycles. The molecule has 5 nitrogen and oxygen atoms in total. The van der Waals surface area contributed by atoms with E-state index >= 15 is 0 Å². The summed E-state index contributed by atoms with van der Waals surface area (Å²) >= 11 is 1.61. The number of rotatable bonds is 3. The highest BCUT2D eigenvalue weighted by molar-refractivity contribution is 7.98. The van der Waals surface area contributed by atoms with E-state index in [4.69, 9.17) is 5.73 Å². The summed E-state index contributed by atoms with van der Waals surface area (Å²) in [5.74, 6) is 0.728. The van der Waals surface area contributed by atoms with Crippen LogP contribution in [0.15, 0.2) is 35.7 Å². The molecule has 0 unspecified atom stereocenters. The van der Waals surface area contributed by atoms with Crippen molar-refractivity contribution >= 4 is 23.1 Å². The number of aromatic nitrogens is 4. The number of nitrogen functional groups attached to an aromatic ring is 1. The van der Waals surface area contributed by atoms with Crippen LogP contribution in [0.3, 0.4) is 0 Å². The third kappa shape index (κ3) is 2.22. The number of nitrogens with zero attached hydrogens (tertiary/aromatic N) is 4. The number of anilines is 1. The van der Waals surface area contributed by atoms with Crippen molar-refractivity contribution in [3.63, 3.8) is 0 Å². The third-order valence-electron chi connectivity index (χ3n) is 3.30. The van der Waals surface area contributed by atoms with E-state index in [0.29, 0.717) is 0 Å². The van der Waals surface area contributed by atoms with Crippen LogP contribution < -0.4 is 5.73 Å². The van der Waals surface area contributed by atoms with E-state index in [1.165, 1.54) is 0 Å². The summed E-state index contributed by atoms with van der Waals surface area (Å²) in [7, 11) is 0. The second kappa shape index (κ2) is 5.13.